The first-order valence-corrected chi connectivity index (χ1v) is 10.5. The predicted molar refractivity (Wildman–Crippen MR) is 127 cm³/mol. The third kappa shape index (κ3) is 6.80. The van der Waals surface area contributed by atoms with Crippen LogP contribution in [0.3, 0.4) is 0 Å². The third-order valence-electron chi connectivity index (χ3n) is 4.84. The zero-order chi connectivity index (χ0) is 24.5. The van der Waals surface area contributed by atoms with Crippen LogP contribution in [0.1, 0.15) is 23.2 Å². The van der Waals surface area contributed by atoms with Crippen molar-refractivity contribution in [2.45, 2.75) is 12.8 Å². The number of benzene rings is 2. The fourth-order valence-corrected chi connectivity index (χ4v) is 3.20. The van der Waals surface area contributed by atoms with Gasteiger partial charge in [-0.3, -0.25) is 9.59 Å². The lowest BCUT2D eigenvalue weighted by Gasteiger charge is -2.18. The van der Waals surface area contributed by atoms with Gasteiger partial charge in [0.05, 0.1) is 11.9 Å². The highest BCUT2D eigenvalue weighted by atomic mass is 19.1. The molecule has 4 N–H and O–H groups in total. The maximum absolute atomic E-state index is 13.3. The summed E-state index contributed by atoms with van der Waals surface area (Å²) in [6.45, 7) is 4.96. The minimum Gasteiger partial charge on any atom is -0.457 e. The Morgan fingerprint density at radius 1 is 0.971 bits per heavy atom. The second-order valence-corrected chi connectivity index (χ2v) is 7.34. The highest BCUT2D eigenvalue weighted by Gasteiger charge is 2.18. The SMILES string of the molecule is C=CC(N)=O.NC(=O)c1cc(N2CCCC2)cnc1Oc1ccc(Oc2cccc(F)c2)cc1. The van der Waals surface area contributed by atoms with Crippen molar-refractivity contribution in [2.24, 2.45) is 11.5 Å². The van der Waals surface area contributed by atoms with Gasteiger partial charge >= 0.3 is 0 Å². The van der Waals surface area contributed by atoms with E-state index in [1.54, 1.807) is 48.7 Å². The van der Waals surface area contributed by atoms with Crippen LogP contribution >= 0.6 is 0 Å². The molecular formula is C25H25FN4O4. The summed E-state index contributed by atoms with van der Waals surface area (Å²) in [4.78, 5) is 27.8. The predicted octanol–water partition coefficient (Wildman–Crippen LogP) is 4.16. The van der Waals surface area contributed by atoms with E-state index in [4.69, 9.17) is 15.2 Å². The molecule has 9 heteroatoms. The number of rotatable bonds is 7. The van der Waals surface area contributed by atoms with E-state index < -0.39 is 11.8 Å². The Morgan fingerprint density at radius 2 is 1.59 bits per heavy atom. The van der Waals surface area contributed by atoms with Gasteiger partial charge in [-0.15, -0.1) is 0 Å². The van der Waals surface area contributed by atoms with Gasteiger partial charge in [0.15, 0.2) is 0 Å². The van der Waals surface area contributed by atoms with Gasteiger partial charge in [-0.2, -0.15) is 0 Å². The van der Waals surface area contributed by atoms with E-state index in [9.17, 15) is 14.0 Å². The van der Waals surface area contributed by atoms with E-state index in [-0.39, 0.29) is 17.3 Å². The number of aromatic nitrogens is 1. The number of ether oxygens (including phenoxy) is 2. The minimum absolute atomic E-state index is 0.152. The molecule has 1 fully saturated rings. The van der Waals surface area contributed by atoms with Crippen molar-refractivity contribution in [1.29, 1.82) is 0 Å². The molecule has 2 heterocycles. The number of halogens is 1. The summed E-state index contributed by atoms with van der Waals surface area (Å²) in [7, 11) is 0. The monoisotopic (exact) mass is 464 g/mol. The second kappa shape index (κ2) is 11.5. The van der Waals surface area contributed by atoms with Crippen molar-refractivity contribution in [2.75, 3.05) is 18.0 Å². The van der Waals surface area contributed by atoms with E-state index >= 15 is 0 Å². The van der Waals surface area contributed by atoms with Gasteiger partial charge in [-0.05, 0) is 61.4 Å². The Morgan fingerprint density at radius 3 is 2.15 bits per heavy atom. The van der Waals surface area contributed by atoms with Crippen LogP contribution in [0.4, 0.5) is 10.1 Å². The standard InChI is InChI=1S/C22H20FN3O3.C3H5NO/c23-15-4-3-5-19(12-15)28-17-6-8-18(9-7-17)29-22-20(21(24)27)13-16(14-25-22)26-10-1-2-11-26;1-2-3(4)5/h3-9,12-14H,1-2,10-11H2,(H2,24,27);2H,1H2,(H2,4,5). The number of carbonyl (C=O) groups is 2. The van der Waals surface area contributed by atoms with Gasteiger partial charge in [-0.25, -0.2) is 9.37 Å². The topological polar surface area (TPSA) is 121 Å². The number of hydrogen-bond donors (Lipinski definition) is 2. The Labute approximate surface area is 196 Å². The van der Waals surface area contributed by atoms with Gasteiger partial charge in [0.1, 0.15) is 28.6 Å². The summed E-state index contributed by atoms with van der Waals surface area (Å²) >= 11 is 0. The van der Waals surface area contributed by atoms with Crippen LogP contribution in [0.5, 0.6) is 23.1 Å². The number of pyridine rings is 1. The molecule has 1 aromatic heterocycles. The highest BCUT2D eigenvalue weighted by Crippen LogP contribution is 2.30. The zero-order valence-corrected chi connectivity index (χ0v) is 18.4. The summed E-state index contributed by atoms with van der Waals surface area (Å²) in [6, 6.07) is 14.3. The number of anilines is 1. The van der Waals surface area contributed by atoms with Crippen molar-refractivity contribution in [3.05, 3.63) is 84.8 Å². The molecular weight excluding hydrogens is 439 g/mol. The maximum Gasteiger partial charge on any atom is 0.254 e. The molecule has 0 atom stereocenters. The van der Waals surface area contributed by atoms with Crippen LogP contribution in [0.2, 0.25) is 0 Å². The molecule has 0 saturated carbocycles. The molecule has 2 aromatic carbocycles. The van der Waals surface area contributed by atoms with Crippen molar-refractivity contribution in [1.82, 2.24) is 4.98 Å². The lowest BCUT2D eigenvalue weighted by Crippen LogP contribution is -2.20. The summed E-state index contributed by atoms with van der Waals surface area (Å²) < 4.78 is 24.6. The number of carbonyl (C=O) groups excluding carboxylic acids is 2. The molecule has 8 nitrogen and oxygen atoms in total. The van der Waals surface area contributed by atoms with Crippen LogP contribution in [-0.4, -0.2) is 29.9 Å². The fraction of sp³-hybridized carbons (Fsp3) is 0.160. The Hall–Kier alpha value is -4.40. The van der Waals surface area contributed by atoms with Gasteiger partial charge in [0.25, 0.3) is 5.91 Å². The van der Waals surface area contributed by atoms with Gasteiger partial charge in [0.2, 0.25) is 11.8 Å². The molecule has 0 spiro atoms. The number of primary amides is 2. The average Bonchev–Trinajstić information content (AvgIpc) is 3.36. The summed E-state index contributed by atoms with van der Waals surface area (Å²) in [6.07, 6.45) is 4.98. The van der Waals surface area contributed by atoms with Gasteiger partial charge < -0.3 is 25.8 Å². The largest absolute Gasteiger partial charge is 0.457 e. The summed E-state index contributed by atoms with van der Waals surface area (Å²) in [5.74, 6) is 0.0958. The lowest BCUT2D eigenvalue weighted by molar-refractivity contribution is -0.113. The molecule has 34 heavy (non-hydrogen) atoms. The molecule has 4 rings (SSSR count). The zero-order valence-electron chi connectivity index (χ0n) is 18.4. The van der Waals surface area contributed by atoms with Gasteiger partial charge in [0, 0.05) is 19.2 Å². The minimum atomic E-state index is -0.598. The Balaban J connectivity index is 0.000000588. The molecule has 176 valence electrons. The van der Waals surface area contributed by atoms with Crippen LogP contribution in [0.25, 0.3) is 0 Å². The smallest absolute Gasteiger partial charge is 0.254 e. The maximum atomic E-state index is 13.3. The number of amides is 2. The summed E-state index contributed by atoms with van der Waals surface area (Å²) in [5.41, 5.74) is 11.2. The van der Waals surface area contributed by atoms with Crippen molar-refractivity contribution in [3.8, 4) is 23.1 Å². The molecule has 0 unspecified atom stereocenters. The van der Waals surface area contributed by atoms with Crippen LogP contribution in [0, 0.1) is 5.82 Å². The Kier molecular flexibility index (Phi) is 8.17. The number of nitrogens with two attached hydrogens (primary N) is 2. The Bertz CT molecular complexity index is 1160. The van der Waals surface area contributed by atoms with Crippen molar-refractivity contribution < 1.29 is 23.5 Å². The quantitative estimate of drug-likeness (QED) is 0.507. The first-order chi connectivity index (χ1) is 16.4. The van der Waals surface area contributed by atoms with E-state index in [0.29, 0.717) is 17.2 Å². The average molecular weight is 464 g/mol. The molecule has 1 aliphatic heterocycles. The van der Waals surface area contributed by atoms with Crippen LogP contribution in [-0.2, 0) is 4.79 Å². The van der Waals surface area contributed by atoms with E-state index in [1.807, 2.05) is 0 Å². The number of nitrogens with zero attached hydrogens (tertiary/aromatic N) is 2. The van der Waals surface area contributed by atoms with Crippen molar-refractivity contribution >= 4 is 17.5 Å². The molecule has 1 aliphatic rings. The lowest BCUT2D eigenvalue weighted by atomic mass is 10.2. The second-order valence-electron chi connectivity index (χ2n) is 7.34. The van der Waals surface area contributed by atoms with Crippen molar-refractivity contribution in [3.63, 3.8) is 0 Å². The third-order valence-corrected chi connectivity index (χ3v) is 4.84. The molecule has 0 bridgehead atoms. The van der Waals surface area contributed by atoms with E-state index in [1.165, 1.54) is 12.1 Å². The van der Waals surface area contributed by atoms with Crippen LogP contribution in [0.15, 0.2) is 73.4 Å². The molecule has 0 radical (unpaired) electrons. The molecule has 3 aromatic rings. The highest BCUT2D eigenvalue weighted by molar-refractivity contribution is 5.96. The number of hydrogen-bond acceptors (Lipinski definition) is 6. The van der Waals surface area contributed by atoms with E-state index in [2.05, 4.69) is 22.2 Å². The molecule has 1 saturated heterocycles. The molecule has 2 amide bonds. The van der Waals surface area contributed by atoms with Crippen LogP contribution < -0.4 is 25.8 Å². The first kappa shape index (κ1) is 24.2. The van der Waals surface area contributed by atoms with E-state index in [0.717, 1.165) is 37.7 Å². The van der Waals surface area contributed by atoms with Gasteiger partial charge in [-0.1, -0.05) is 12.6 Å². The first-order valence-electron chi connectivity index (χ1n) is 10.5. The summed E-state index contributed by atoms with van der Waals surface area (Å²) in [5, 5.41) is 0. The normalized spacial score (nSPS) is 12.3. The molecule has 0 aliphatic carbocycles. The fourth-order valence-electron chi connectivity index (χ4n) is 3.20.